The number of amides is 1. The van der Waals surface area contributed by atoms with E-state index in [1.807, 2.05) is 0 Å². The highest BCUT2D eigenvalue weighted by Crippen LogP contribution is 2.30. The van der Waals surface area contributed by atoms with E-state index in [0.29, 0.717) is 12.1 Å². The maximum atomic E-state index is 13.5. The molecule has 0 fully saturated rings. The van der Waals surface area contributed by atoms with Crippen LogP contribution in [0, 0.1) is 11.6 Å². The minimum Gasteiger partial charge on any atom is -0.449 e. The van der Waals surface area contributed by atoms with Gasteiger partial charge in [0.1, 0.15) is 11.6 Å². The van der Waals surface area contributed by atoms with Crippen molar-refractivity contribution in [1.29, 1.82) is 0 Å². The molecule has 2 rings (SSSR count). The van der Waals surface area contributed by atoms with Crippen LogP contribution in [0.1, 0.15) is 22.8 Å². The van der Waals surface area contributed by atoms with Gasteiger partial charge in [0.05, 0.1) is 11.1 Å². The van der Waals surface area contributed by atoms with Crippen LogP contribution in [0.15, 0.2) is 42.5 Å². The van der Waals surface area contributed by atoms with E-state index in [1.54, 1.807) is 0 Å². The minimum absolute atomic E-state index is 0.152. The van der Waals surface area contributed by atoms with E-state index in [9.17, 15) is 31.5 Å². The first kappa shape index (κ1) is 19.4. The van der Waals surface area contributed by atoms with Crippen LogP contribution < -0.4 is 5.32 Å². The summed E-state index contributed by atoms with van der Waals surface area (Å²) < 4.78 is 69.0. The molecular formula is C17H12F5NO3. The van der Waals surface area contributed by atoms with E-state index < -0.39 is 46.9 Å². The number of nitrogens with one attached hydrogen (secondary N) is 1. The van der Waals surface area contributed by atoms with Crippen molar-refractivity contribution < 1.29 is 36.3 Å². The third kappa shape index (κ3) is 4.78. The lowest BCUT2D eigenvalue weighted by Crippen LogP contribution is -2.30. The maximum Gasteiger partial charge on any atom is 0.416 e. The second-order valence-corrected chi connectivity index (χ2v) is 5.24. The number of hydrogen-bond donors (Lipinski definition) is 1. The lowest BCUT2D eigenvalue weighted by atomic mass is 10.2. The van der Waals surface area contributed by atoms with Gasteiger partial charge in [0.15, 0.2) is 6.10 Å². The van der Waals surface area contributed by atoms with Crippen molar-refractivity contribution >= 4 is 17.6 Å². The molecule has 0 aliphatic heterocycles. The molecule has 0 saturated heterocycles. The summed E-state index contributed by atoms with van der Waals surface area (Å²) >= 11 is 0. The summed E-state index contributed by atoms with van der Waals surface area (Å²) in [6, 6.07) is 6.04. The fourth-order valence-corrected chi connectivity index (χ4v) is 1.95. The summed E-state index contributed by atoms with van der Waals surface area (Å²) in [5.41, 5.74) is -1.70. The number of alkyl halides is 3. The summed E-state index contributed by atoms with van der Waals surface area (Å²) in [4.78, 5) is 23.8. The Labute approximate surface area is 144 Å². The number of ether oxygens (including phenoxy) is 1. The summed E-state index contributed by atoms with van der Waals surface area (Å²) in [6.45, 7) is 1.16. The summed E-state index contributed by atoms with van der Waals surface area (Å²) in [6.07, 6.45) is -6.01. The zero-order valence-corrected chi connectivity index (χ0v) is 13.2. The molecule has 4 nitrogen and oxygen atoms in total. The molecule has 0 aliphatic carbocycles. The summed E-state index contributed by atoms with van der Waals surface area (Å²) in [5, 5.41) is 2.16. The molecule has 138 valence electrons. The molecule has 2 aromatic rings. The molecule has 0 aromatic heterocycles. The molecule has 0 bridgehead atoms. The Kier molecular flexibility index (Phi) is 5.59. The second kappa shape index (κ2) is 7.51. The largest absolute Gasteiger partial charge is 0.449 e. The van der Waals surface area contributed by atoms with Crippen LogP contribution in [0.2, 0.25) is 0 Å². The van der Waals surface area contributed by atoms with Gasteiger partial charge in [-0.3, -0.25) is 4.79 Å². The van der Waals surface area contributed by atoms with Crippen LogP contribution in [0.5, 0.6) is 0 Å². The van der Waals surface area contributed by atoms with Crippen molar-refractivity contribution in [1.82, 2.24) is 0 Å². The minimum atomic E-state index is -4.58. The molecule has 26 heavy (non-hydrogen) atoms. The van der Waals surface area contributed by atoms with Crippen LogP contribution in [-0.4, -0.2) is 18.0 Å². The van der Waals surface area contributed by atoms with Gasteiger partial charge in [-0.2, -0.15) is 13.2 Å². The normalized spacial score (nSPS) is 12.4. The SMILES string of the molecule is C[C@H](OC(=O)c1ccc(F)cc1F)C(=O)Nc1cccc(C(F)(F)F)c1. The Morgan fingerprint density at radius 2 is 1.77 bits per heavy atom. The van der Waals surface area contributed by atoms with Gasteiger partial charge >= 0.3 is 12.1 Å². The fraction of sp³-hybridized carbons (Fsp3) is 0.176. The highest BCUT2D eigenvalue weighted by molar-refractivity contribution is 5.97. The van der Waals surface area contributed by atoms with Crippen molar-refractivity contribution in [2.45, 2.75) is 19.2 Å². The first-order valence-corrected chi connectivity index (χ1v) is 7.22. The third-order valence-corrected chi connectivity index (χ3v) is 3.26. The molecule has 0 aliphatic rings. The Bertz CT molecular complexity index is 835. The Balaban J connectivity index is 2.05. The van der Waals surface area contributed by atoms with Gasteiger partial charge in [0.25, 0.3) is 5.91 Å². The number of carbonyl (C=O) groups excluding carboxylic acids is 2. The molecule has 1 atom stereocenters. The molecule has 0 heterocycles. The van der Waals surface area contributed by atoms with Crippen LogP contribution in [0.3, 0.4) is 0 Å². The first-order valence-electron chi connectivity index (χ1n) is 7.22. The van der Waals surface area contributed by atoms with Crippen molar-refractivity contribution in [3.8, 4) is 0 Å². The van der Waals surface area contributed by atoms with Gasteiger partial charge in [-0.15, -0.1) is 0 Å². The second-order valence-electron chi connectivity index (χ2n) is 5.24. The van der Waals surface area contributed by atoms with E-state index in [4.69, 9.17) is 4.74 Å². The van der Waals surface area contributed by atoms with Crippen molar-refractivity contribution in [2.24, 2.45) is 0 Å². The Hall–Kier alpha value is -2.97. The van der Waals surface area contributed by atoms with E-state index in [1.165, 1.54) is 6.07 Å². The first-order chi connectivity index (χ1) is 12.1. The predicted octanol–water partition coefficient (Wildman–Crippen LogP) is 4.17. The van der Waals surface area contributed by atoms with E-state index in [0.717, 1.165) is 31.2 Å². The molecule has 1 N–H and O–H groups in total. The molecule has 0 spiro atoms. The van der Waals surface area contributed by atoms with Gasteiger partial charge in [0.2, 0.25) is 0 Å². The van der Waals surface area contributed by atoms with E-state index >= 15 is 0 Å². The predicted molar refractivity (Wildman–Crippen MR) is 81.3 cm³/mol. The number of rotatable bonds is 4. The number of benzene rings is 2. The Morgan fingerprint density at radius 1 is 1.08 bits per heavy atom. The third-order valence-electron chi connectivity index (χ3n) is 3.26. The lowest BCUT2D eigenvalue weighted by Gasteiger charge is -2.15. The monoisotopic (exact) mass is 373 g/mol. The molecule has 0 radical (unpaired) electrons. The van der Waals surface area contributed by atoms with Crippen LogP contribution >= 0.6 is 0 Å². The number of esters is 1. The van der Waals surface area contributed by atoms with Crippen molar-refractivity contribution in [3.05, 3.63) is 65.2 Å². The van der Waals surface area contributed by atoms with Crippen molar-refractivity contribution in [2.75, 3.05) is 5.32 Å². The van der Waals surface area contributed by atoms with Gasteiger partial charge in [0, 0.05) is 11.8 Å². The topological polar surface area (TPSA) is 55.4 Å². The van der Waals surface area contributed by atoms with Crippen molar-refractivity contribution in [3.63, 3.8) is 0 Å². The molecule has 2 aromatic carbocycles. The zero-order chi connectivity index (χ0) is 19.5. The maximum absolute atomic E-state index is 13.5. The smallest absolute Gasteiger partial charge is 0.416 e. The summed E-state index contributed by atoms with van der Waals surface area (Å²) in [7, 11) is 0. The summed E-state index contributed by atoms with van der Waals surface area (Å²) in [5.74, 6) is -4.19. The average molecular weight is 373 g/mol. The van der Waals surface area contributed by atoms with Crippen LogP contribution in [-0.2, 0) is 15.7 Å². The quantitative estimate of drug-likeness (QED) is 0.647. The van der Waals surface area contributed by atoms with E-state index in [-0.39, 0.29) is 5.69 Å². The van der Waals surface area contributed by atoms with Gasteiger partial charge in [-0.05, 0) is 37.3 Å². The highest BCUT2D eigenvalue weighted by Gasteiger charge is 2.30. The van der Waals surface area contributed by atoms with Gasteiger partial charge in [-0.1, -0.05) is 6.07 Å². The standard InChI is InChI=1S/C17H12F5NO3/c1-9(26-16(25)13-6-5-11(18)8-14(13)19)15(24)23-12-4-2-3-10(7-12)17(20,21)22/h2-9H,1H3,(H,23,24)/t9-/m0/s1. The fourth-order valence-electron chi connectivity index (χ4n) is 1.95. The van der Waals surface area contributed by atoms with Gasteiger partial charge in [-0.25, -0.2) is 13.6 Å². The molecular weight excluding hydrogens is 361 g/mol. The lowest BCUT2D eigenvalue weighted by molar-refractivity contribution is -0.137. The van der Waals surface area contributed by atoms with Gasteiger partial charge < -0.3 is 10.1 Å². The zero-order valence-electron chi connectivity index (χ0n) is 13.2. The average Bonchev–Trinajstić information content (AvgIpc) is 2.54. The number of hydrogen-bond acceptors (Lipinski definition) is 3. The van der Waals surface area contributed by atoms with Crippen LogP contribution in [0.4, 0.5) is 27.6 Å². The number of halogens is 5. The number of carbonyl (C=O) groups is 2. The van der Waals surface area contributed by atoms with Crippen LogP contribution in [0.25, 0.3) is 0 Å². The highest BCUT2D eigenvalue weighted by atomic mass is 19.4. The molecule has 9 heteroatoms. The Morgan fingerprint density at radius 3 is 2.38 bits per heavy atom. The molecule has 0 unspecified atom stereocenters. The molecule has 1 amide bonds. The number of anilines is 1. The molecule has 0 saturated carbocycles. The van der Waals surface area contributed by atoms with E-state index in [2.05, 4.69) is 5.32 Å².